The maximum atomic E-state index is 11.4. The van der Waals surface area contributed by atoms with Gasteiger partial charge in [-0.05, 0) is 37.1 Å². The van der Waals surface area contributed by atoms with Crippen LogP contribution < -0.4 is 0 Å². The number of hydrogen-bond donors (Lipinski definition) is 0. The Labute approximate surface area is 132 Å². The fraction of sp³-hybridized carbons (Fsp3) is 0.286. The molecule has 0 radical (unpaired) electrons. The molecule has 2 aromatic rings. The molecule has 0 spiro atoms. The summed E-state index contributed by atoms with van der Waals surface area (Å²) in [4.78, 5) is 9.98. The minimum absolute atomic E-state index is 0.311. The highest BCUT2D eigenvalue weighted by Gasteiger charge is 2.27. The lowest BCUT2D eigenvalue weighted by Crippen LogP contribution is -1.96. The van der Waals surface area contributed by atoms with Crippen molar-refractivity contribution in [3.8, 4) is 0 Å². The summed E-state index contributed by atoms with van der Waals surface area (Å²) in [6, 6.07) is 8.47. The van der Waals surface area contributed by atoms with Crippen LogP contribution in [0.4, 0.5) is 0 Å². The van der Waals surface area contributed by atoms with Gasteiger partial charge < -0.3 is 0 Å². The smallest absolute Gasteiger partial charge is 0.175 e. The van der Waals surface area contributed by atoms with Gasteiger partial charge in [0.15, 0.2) is 9.84 Å². The zero-order valence-corrected chi connectivity index (χ0v) is 13.7. The van der Waals surface area contributed by atoms with Crippen LogP contribution >= 0.6 is 23.4 Å². The van der Waals surface area contributed by atoms with Crippen molar-refractivity contribution in [2.45, 2.75) is 33.6 Å². The molecular weight excluding hydrogens is 328 g/mol. The van der Waals surface area contributed by atoms with Crippen molar-refractivity contribution in [3.63, 3.8) is 0 Å². The quantitative estimate of drug-likeness (QED) is 0.796. The van der Waals surface area contributed by atoms with Crippen molar-refractivity contribution in [3.05, 3.63) is 41.3 Å². The number of rotatable bonds is 4. The number of sulfone groups is 1. The summed E-state index contributed by atoms with van der Waals surface area (Å²) in [5.41, 5.74) is 0. The number of aromatic nitrogens is 2. The minimum Gasteiger partial charge on any atom is -0.226 e. The lowest BCUT2D eigenvalue weighted by molar-refractivity contribution is 0.602. The maximum absolute atomic E-state index is 11.4. The molecule has 1 aromatic heterocycles. The summed E-state index contributed by atoms with van der Waals surface area (Å²) in [5, 5.41) is 1.23. The molecule has 110 valence electrons. The van der Waals surface area contributed by atoms with Crippen LogP contribution in [-0.4, -0.2) is 24.6 Å². The van der Waals surface area contributed by atoms with Gasteiger partial charge in [-0.1, -0.05) is 23.4 Å². The summed E-state index contributed by atoms with van der Waals surface area (Å²) >= 11 is 7.48. The van der Waals surface area contributed by atoms with Crippen LogP contribution in [-0.2, 0) is 9.84 Å². The van der Waals surface area contributed by atoms with Crippen molar-refractivity contribution < 1.29 is 8.42 Å². The first kappa shape index (κ1) is 14.8. The second-order valence-corrected chi connectivity index (χ2v) is 8.50. The van der Waals surface area contributed by atoms with E-state index in [0.717, 1.165) is 28.6 Å². The van der Waals surface area contributed by atoms with Gasteiger partial charge in [0.2, 0.25) is 0 Å². The Bertz CT molecular complexity index is 772. The number of nitrogens with zero attached hydrogens (tertiary/aromatic N) is 2. The van der Waals surface area contributed by atoms with Gasteiger partial charge in [-0.15, -0.1) is 0 Å². The van der Waals surface area contributed by atoms with Gasteiger partial charge in [0.1, 0.15) is 16.0 Å². The third-order valence-corrected chi connectivity index (χ3v) is 5.35. The molecule has 1 aliphatic carbocycles. The lowest BCUT2D eigenvalue weighted by Gasteiger charge is -2.05. The predicted octanol–water partition coefficient (Wildman–Crippen LogP) is 3.56. The third-order valence-electron chi connectivity index (χ3n) is 3.11. The highest BCUT2D eigenvalue weighted by molar-refractivity contribution is 7.99. The first-order valence-corrected chi connectivity index (χ1v) is 9.53. The maximum Gasteiger partial charge on any atom is 0.175 e. The molecule has 4 nitrogen and oxygen atoms in total. The van der Waals surface area contributed by atoms with Crippen molar-refractivity contribution in [2.24, 2.45) is 0 Å². The van der Waals surface area contributed by atoms with E-state index in [0.29, 0.717) is 16.0 Å². The van der Waals surface area contributed by atoms with Crippen LogP contribution in [0.15, 0.2) is 45.1 Å². The van der Waals surface area contributed by atoms with Crippen molar-refractivity contribution in [2.75, 3.05) is 6.26 Å². The standard InChI is InChI=1S/C14H13ClN2O2S2/c1-21(18,19)11-6-4-10(5-7-11)20-13-8-12(15)16-14(17-13)9-2-3-9/h4-9H,2-3H2,1H3. The van der Waals surface area contributed by atoms with E-state index in [1.807, 2.05) is 0 Å². The average Bonchev–Trinajstić information content (AvgIpc) is 3.21. The number of benzene rings is 1. The molecule has 1 saturated carbocycles. The van der Waals surface area contributed by atoms with Gasteiger partial charge in [0.05, 0.1) is 4.90 Å². The van der Waals surface area contributed by atoms with Gasteiger partial charge in [0.25, 0.3) is 0 Å². The van der Waals surface area contributed by atoms with Gasteiger partial charge in [0, 0.05) is 23.1 Å². The topological polar surface area (TPSA) is 59.9 Å². The molecule has 21 heavy (non-hydrogen) atoms. The van der Waals surface area contributed by atoms with Crippen molar-refractivity contribution in [1.82, 2.24) is 9.97 Å². The summed E-state index contributed by atoms with van der Waals surface area (Å²) in [6.45, 7) is 0. The Morgan fingerprint density at radius 3 is 2.43 bits per heavy atom. The molecule has 1 aliphatic rings. The Balaban J connectivity index is 1.83. The molecule has 1 aromatic carbocycles. The van der Waals surface area contributed by atoms with Gasteiger partial charge >= 0.3 is 0 Å². The molecule has 0 aliphatic heterocycles. The molecule has 0 unspecified atom stereocenters. The van der Waals surface area contributed by atoms with Crippen molar-refractivity contribution in [1.29, 1.82) is 0 Å². The van der Waals surface area contributed by atoms with E-state index in [-0.39, 0.29) is 0 Å². The van der Waals surface area contributed by atoms with Crippen molar-refractivity contribution >= 4 is 33.2 Å². The first-order chi connectivity index (χ1) is 9.91. The summed E-state index contributed by atoms with van der Waals surface area (Å²) in [7, 11) is -3.16. The Hall–Kier alpha value is -1.11. The predicted molar refractivity (Wildman–Crippen MR) is 82.7 cm³/mol. The zero-order chi connectivity index (χ0) is 15.0. The largest absolute Gasteiger partial charge is 0.226 e. The monoisotopic (exact) mass is 340 g/mol. The molecule has 0 atom stereocenters. The van der Waals surface area contributed by atoms with Crippen LogP contribution in [0.5, 0.6) is 0 Å². The normalized spacial score (nSPS) is 15.1. The fourth-order valence-electron chi connectivity index (χ4n) is 1.87. The zero-order valence-electron chi connectivity index (χ0n) is 11.3. The summed E-state index contributed by atoms with van der Waals surface area (Å²) < 4.78 is 22.9. The number of hydrogen-bond acceptors (Lipinski definition) is 5. The molecule has 1 heterocycles. The average molecular weight is 341 g/mol. The van der Waals surface area contributed by atoms with Crippen LogP contribution in [0.25, 0.3) is 0 Å². The molecule has 0 bridgehead atoms. The summed E-state index contributed by atoms with van der Waals surface area (Å²) in [6.07, 6.45) is 3.43. The molecule has 3 rings (SSSR count). The van der Waals surface area contributed by atoms with E-state index < -0.39 is 9.84 Å². The Kier molecular flexibility index (Phi) is 3.94. The molecular formula is C14H13ClN2O2S2. The minimum atomic E-state index is -3.16. The van der Waals surface area contributed by atoms with Crippen LogP contribution in [0, 0.1) is 0 Å². The fourth-order valence-corrected chi connectivity index (χ4v) is 3.57. The van der Waals surface area contributed by atoms with E-state index in [1.165, 1.54) is 18.0 Å². The van der Waals surface area contributed by atoms with Gasteiger partial charge in [-0.3, -0.25) is 0 Å². The molecule has 0 amide bonds. The van der Waals surface area contributed by atoms with E-state index in [2.05, 4.69) is 9.97 Å². The molecule has 0 N–H and O–H groups in total. The first-order valence-electron chi connectivity index (χ1n) is 6.44. The Morgan fingerprint density at radius 1 is 1.19 bits per heavy atom. The number of halogens is 1. The van der Waals surface area contributed by atoms with E-state index >= 15 is 0 Å². The van der Waals surface area contributed by atoms with Gasteiger partial charge in [-0.25, -0.2) is 18.4 Å². The molecule has 0 saturated heterocycles. The summed E-state index contributed by atoms with van der Waals surface area (Å²) in [5.74, 6) is 1.24. The second kappa shape index (κ2) is 5.59. The third kappa shape index (κ3) is 3.75. The SMILES string of the molecule is CS(=O)(=O)c1ccc(Sc2cc(Cl)nc(C3CC3)n2)cc1. The molecule has 7 heteroatoms. The van der Waals surface area contributed by atoms with Crippen LogP contribution in [0.2, 0.25) is 5.15 Å². The second-order valence-electron chi connectivity index (χ2n) is 5.01. The van der Waals surface area contributed by atoms with Crippen LogP contribution in [0.1, 0.15) is 24.6 Å². The Morgan fingerprint density at radius 2 is 1.86 bits per heavy atom. The van der Waals surface area contributed by atoms with Gasteiger partial charge in [-0.2, -0.15) is 0 Å². The van der Waals surface area contributed by atoms with Crippen LogP contribution in [0.3, 0.4) is 0 Å². The highest BCUT2D eigenvalue weighted by Crippen LogP contribution is 2.39. The van der Waals surface area contributed by atoms with E-state index in [1.54, 1.807) is 30.3 Å². The highest BCUT2D eigenvalue weighted by atomic mass is 35.5. The van der Waals surface area contributed by atoms with E-state index in [9.17, 15) is 8.42 Å². The lowest BCUT2D eigenvalue weighted by atomic mass is 10.4. The van der Waals surface area contributed by atoms with E-state index in [4.69, 9.17) is 11.6 Å². The molecule has 1 fully saturated rings.